The van der Waals surface area contributed by atoms with Gasteiger partial charge in [-0.25, -0.2) is 4.99 Å². The Kier molecular flexibility index (Phi) is 4.97. The van der Waals surface area contributed by atoms with Gasteiger partial charge in [0.15, 0.2) is 0 Å². The van der Waals surface area contributed by atoms with Gasteiger partial charge in [-0.15, -0.1) is 0 Å². The molecular weight excluding hydrogens is 336 g/mol. The normalized spacial score (nSPS) is 40.7. The van der Waals surface area contributed by atoms with Gasteiger partial charge >= 0.3 is 0 Å². The van der Waals surface area contributed by atoms with E-state index < -0.39 is 0 Å². The summed E-state index contributed by atoms with van der Waals surface area (Å²) in [6.07, 6.45) is 9.91. The van der Waals surface area contributed by atoms with Crippen molar-refractivity contribution in [1.82, 2.24) is 4.90 Å². The second-order valence-electron chi connectivity index (χ2n) is 10.5. The summed E-state index contributed by atoms with van der Waals surface area (Å²) in [7, 11) is 0. The third-order valence-corrected chi connectivity index (χ3v) is 8.42. The van der Waals surface area contributed by atoms with Gasteiger partial charge in [0.05, 0.1) is 0 Å². The Morgan fingerprint density at radius 2 is 1.67 bits per heavy atom. The summed E-state index contributed by atoms with van der Waals surface area (Å²) in [6, 6.07) is 0.277. The average molecular weight is 373 g/mol. The highest BCUT2D eigenvalue weighted by Crippen LogP contribution is 2.57. The first-order valence-electron chi connectivity index (χ1n) is 11.2. The van der Waals surface area contributed by atoms with E-state index in [2.05, 4.69) is 30.7 Å². The van der Waals surface area contributed by atoms with Gasteiger partial charge in [-0.3, -0.25) is 9.59 Å². The van der Waals surface area contributed by atoms with Gasteiger partial charge in [-0.1, -0.05) is 46.0 Å². The predicted molar refractivity (Wildman–Crippen MR) is 107 cm³/mol. The molecule has 4 heteroatoms. The van der Waals surface area contributed by atoms with Crippen LogP contribution in [0.5, 0.6) is 0 Å². The van der Waals surface area contributed by atoms with Crippen LogP contribution in [-0.4, -0.2) is 35.0 Å². The molecule has 4 nitrogen and oxygen atoms in total. The van der Waals surface area contributed by atoms with Gasteiger partial charge in [-0.2, -0.15) is 0 Å². The maximum atomic E-state index is 13.5. The monoisotopic (exact) mass is 372 g/mol. The van der Waals surface area contributed by atoms with Crippen LogP contribution >= 0.6 is 0 Å². The summed E-state index contributed by atoms with van der Waals surface area (Å²) in [5.74, 6) is 2.71. The highest BCUT2D eigenvalue weighted by Gasteiger charge is 2.57. The van der Waals surface area contributed by atoms with E-state index in [1.54, 1.807) is 0 Å². The van der Waals surface area contributed by atoms with E-state index in [9.17, 15) is 9.59 Å². The van der Waals surface area contributed by atoms with Crippen LogP contribution in [-0.2, 0) is 9.59 Å². The summed E-state index contributed by atoms with van der Waals surface area (Å²) in [4.78, 5) is 31.8. The van der Waals surface area contributed by atoms with Gasteiger partial charge in [0.2, 0.25) is 5.91 Å². The number of carbonyl (C=O) groups excluding carboxylic acids is 2. The number of rotatable bonds is 2. The van der Waals surface area contributed by atoms with Crippen molar-refractivity contribution in [1.29, 1.82) is 0 Å². The molecular formula is C23H36N2O2. The van der Waals surface area contributed by atoms with Crippen LogP contribution in [0.15, 0.2) is 4.99 Å². The number of nitrogens with zero attached hydrogens (tertiary/aromatic N) is 2. The zero-order valence-corrected chi connectivity index (χ0v) is 17.5. The number of carbonyl (C=O) groups is 2. The SMILES string of the molecule is CC(=O)N=C(C(=O)N1CC2C(CC2(C)C)[C@H]1C)C1CC2CCCCCC2C1. The lowest BCUT2D eigenvalue weighted by Crippen LogP contribution is -2.45. The van der Waals surface area contributed by atoms with Crippen molar-refractivity contribution >= 4 is 17.5 Å². The second-order valence-corrected chi connectivity index (χ2v) is 10.5. The molecule has 4 unspecified atom stereocenters. The zero-order valence-electron chi connectivity index (χ0n) is 17.5. The van der Waals surface area contributed by atoms with Crippen LogP contribution < -0.4 is 0 Å². The number of aliphatic imine (C=N–C) groups is 1. The van der Waals surface area contributed by atoms with E-state index in [0.717, 1.165) is 31.2 Å². The number of amides is 2. The molecule has 150 valence electrons. The Morgan fingerprint density at radius 3 is 2.19 bits per heavy atom. The molecule has 5 atom stereocenters. The third kappa shape index (κ3) is 3.38. The Hall–Kier alpha value is -1.19. The maximum Gasteiger partial charge on any atom is 0.268 e. The Balaban J connectivity index is 1.53. The first kappa shape index (κ1) is 19.1. The lowest BCUT2D eigenvalue weighted by molar-refractivity contribution is -0.125. The van der Waals surface area contributed by atoms with E-state index in [0.29, 0.717) is 23.0 Å². The third-order valence-electron chi connectivity index (χ3n) is 8.42. The molecule has 2 amide bonds. The predicted octanol–water partition coefficient (Wildman–Crippen LogP) is 4.47. The van der Waals surface area contributed by atoms with Crippen LogP contribution in [0.4, 0.5) is 0 Å². The Morgan fingerprint density at radius 1 is 1.04 bits per heavy atom. The molecule has 0 aromatic rings. The van der Waals surface area contributed by atoms with Gasteiger partial charge in [0.1, 0.15) is 5.71 Å². The minimum atomic E-state index is -0.222. The van der Waals surface area contributed by atoms with E-state index in [1.165, 1.54) is 45.4 Å². The summed E-state index contributed by atoms with van der Waals surface area (Å²) in [5, 5.41) is 0. The summed E-state index contributed by atoms with van der Waals surface area (Å²) < 4.78 is 0. The molecule has 4 aliphatic rings. The lowest BCUT2D eigenvalue weighted by Gasteiger charge is -2.48. The van der Waals surface area contributed by atoms with Crippen molar-refractivity contribution in [3.05, 3.63) is 0 Å². The van der Waals surface area contributed by atoms with Crippen LogP contribution in [0.2, 0.25) is 0 Å². The highest BCUT2D eigenvalue weighted by atomic mass is 16.2. The first-order chi connectivity index (χ1) is 12.8. The molecule has 0 spiro atoms. The topological polar surface area (TPSA) is 49.7 Å². The Labute approximate surface area is 164 Å². The van der Waals surface area contributed by atoms with Crippen molar-refractivity contribution < 1.29 is 9.59 Å². The van der Waals surface area contributed by atoms with Crippen LogP contribution in [0, 0.1) is 35.0 Å². The van der Waals surface area contributed by atoms with E-state index in [1.807, 2.05) is 0 Å². The lowest BCUT2D eigenvalue weighted by atomic mass is 9.56. The zero-order chi connectivity index (χ0) is 19.3. The fourth-order valence-electron chi connectivity index (χ4n) is 6.85. The fourth-order valence-corrected chi connectivity index (χ4v) is 6.85. The van der Waals surface area contributed by atoms with Gasteiger partial charge in [0.25, 0.3) is 5.91 Å². The highest BCUT2D eigenvalue weighted by molar-refractivity contribution is 6.41. The summed E-state index contributed by atoms with van der Waals surface area (Å²) >= 11 is 0. The van der Waals surface area contributed by atoms with Gasteiger partial charge in [0, 0.05) is 25.4 Å². The maximum absolute atomic E-state index is 13.5. The minimum absolute atomic E-state index is 0.0596. The van der Waals surface area contributed by atoms with Crippen LogP contribution in [0.1, 0.15) is 79.1 Å². The smallest absolute Gasteiger partial charge is 0.268 e. The summed E-state index contributed by atoms with van der Waals surface area (Å²) in [6.45, 7) is 9.17. The van der Waals surface area contributed by atoms with E-state index in [-0.39, 0.29) is 23.8 Å². The van der Waals surface area contributed by atoms with Gasteiger partial charge in [-0.05, 0) is 55.3 Å². The molecule has 0 aromatic heterocycles. The quantitative estimate of drug-likeness (QED) is 0.671. The Bertz CT molecular complexity index is 639. The molecule has 3 saturated carbocycles. The molecule has 0 aromatic carbocycles. The number of likely N-dealkylation sites (tertiary alicyclic amines) is 1. The van der Waals surface area contributed by atoms with E-state index in [4.69, 9.17) is 0 Å². The molecule has 1 heterocycles. The van der Waals surface area contributed by atoms with Crippen molar-refractivity contribution in [2.24, 2.45) is 40.0 Å². The van der Waals surface area contributed by atoms with E-state index >= 15 is 0 Å². The second kappa shape index (κ2) is 7.00. The van der Waals surface area contributed by atoms with Gasteiger partial charge < -0.3 is 4.90 Å². The van der Waals surface area contributed by atoms with Crippen molar-refractivity contribution in [3.63, 3.8) is 0 Å². The molecule has 0 radical (unpaired) electrons. The fraction of sp³-hybridized carbons (Fsp3) is 0.870. The van der Waals surface area contributed by atoms with Crippen molar-refractivity contribution in [2.45, 2.75) is 85.1 Å². The molecule has 0 bridgehead atoms. The molecule has 1 saturated heterocycles. The largest absolute Gasteiger partial charge is 0.334 e. The summed E-state index contributed by atoms with van der Waals surface area (Å²) in [5.41, 5.74) is 0.924. The van der Waals surface area contributed by atoms with Crippen LogP contribution in [0.3, 0.4) is 0 Å². The molecule has 4 fully saturated rings. The van der Waals surface area contributed by atoms with Crippen LogP contribution in [0.25, 0.3) is 0 Å². The molecule has 4 rings (SSSR count). The number of fused-ring (bicyclic) bond motifs is 2. The molecule has 3 aliphatic carbocycles. The number of hydrogen-bond acceptors (Lipinski definition) is 2. The molecule has 27 heavy (non-hydrogen) atoms. The minimum Gasteiger partial charge on any atom is -0.334 e. The van der Waals surface area contributed by atoms with Crippen molar-refractivity contribution in [3.8, 4) is 0 Å². The molecule has 0 N–H and O–H groups in total. The average Bonchev–Trinajstić information content (AvgIpc) is 3.03. The standard InChI is InChI=1S/C23H36N2O2/c1-14-19-12-23(3,4)20(19)13-25(14)22(27)21(24-15(2)26)18-10-16-8-6-5-7-9-17(16)11-18/h14,16-20H,5-13H2,1-4H3/t14-,16?,17?,18?,19?,20?/m1/s1. The number of hydrogen-bond donors (Lipinski definition) is 0. The van der Waals surface area contributed by atoms with Crippen molar-refractivity contribution in [2.75, 3.05) is 6.54 Å². The first-order valence-corrected chi connectivity index (χ1v) is 11.2. The molecule has 1 aliphatic heterocycles.